The Labute approximate surface area is 161 Å². The molecule has 0 bridgehead atoms. The van der Waals surface area contributed by atoms with Gasteiger partial charge in [0.2, 0.25) is 10.0 Å². The van der Waals surface area contributed by atoms with Crippen molar-refractivity contribution in [2.45, 2.75) is 24.9 Å². The Hall–Kier alpha value is -2.01. The highest BCUT2D eigenvalue weighted by atomic mass is 32.2. The third-order valence-corrected chi connectivity index (χ3v) is 7.52. The lowest BCUT2D eigenvalue weighted by atomic mass is 10.3. The highest BCUT2D eigenvalue weighted by Gasteiger charge is 2.29. The maximum Gasteiger partial charge on any atom is 0.305 e. The highest BCUT2D eigenvalue weighted by Crippen LogP contribution is 2.23. The lowest BCUT2D eigenvalue weighted by molar-refractivity contribution is 0.181. The number of hydrogen-bond donors (Lipinski definition) is 1. The van der Waals surface area contributed by atoms with E-state index >= 15 is 0 Å². The van der Waals surface area contributed by atoms with Crippen molar-refractivity contribution in [3.05, 3.63) is 45.8 Å². The van der Waals surface area contributed by atoms with E-state index in [9.17, 15) is 13.2 Å². The Morgan fingerprint density at radius 1 is 1.22 bits per heavy atom. The predicted octanol–water partition coefficient (Wildman–Crippen LogP) is 1.31. The van der Waals surface area contributed by atoms with Gasteiger partial charge in [-0.05, 0) is 25.1 Å². The normalized spacial score (nSPS) is 16.9. The van der Waals surface area contributed by atoms with Gasteiger partial charge < -0.3 is 4.98 Å². The standard InChI is InChI=1S/C17H21N5O3S2/c1-2-21-12-13(10-18-21)11-20-5-7-22(8-6-20)27(24,25)14-3-4-15-16(9-14)26-17(23)19-15/h3-4,9-10,12H,2,5-8,11H2,1H3,(H,19,23). The van der Waals surface area contributed by atoms with Crippen molar-refractivity contribution >= 4 is 31.6 Å². The summed E-state index contributed by atoms with van der Waals surface area (Å²) in [5.41, 5.74) is 1.81. The minimum absolute atomic E-state index is 0.181. The first-order valence-corrected chi connectivity index (χ1v) is 11.1. The molecule has 0 unspecified atom stereocenters. The van der Waals surface area contributed by atoms with Crippen molar-refractivity contribution in [1.82, 2.24) is 24.0 Å². The number of H-pyrrole nitrogens is 1. The number of thiazole rings is 1. The second-order valence-electron chi connectivity index (χ2n) is 6.56. The monoisotopic (exact) mass is 407 g/mol. The highest BCUT2D eigenvalue weighted by molar-refractivity contribution is 7.89. The van der Waals surface area contributed by atoms with Crippen LogP contribution in [-0.2, 0) is 23.1 Å². The fourth-order valence-corrected chi connectivity index (χ4v) is 5.58. The van der Waals surface area contributed by atoms with E-state index in [4.69, 9.17) is 0 Å². The zero-order valence-corrected chi connectivity index (χ0v) is 16.6. The largest absolute Gasteiger partial charge is 0.312 e. The first kappa shape index (κ1) is 18.4. The number of piperazine rings is 1. The average Bonchev–Trinajstić information content (AvgIpc) is 3.26. The van der Waals surface area contributed by atoms with Crippen LogP contribution < -0.4 is 4.87 Å². The number of aromatic nitrogens is 3. The third kappa shape index (κ3) is 3.70. The van der Waals surface area contributed by atoms with Crippen molar-refractivity contribution in [3.8, 4) is 0 Å². The van der Waals surface area contributed by atoms with Crippen LogP contribution in [0, 0.1) is 0 Å². The predicted molar refractivity (Wildman–Crippen MR) is 104 cm³/mol. The van der Waals surface area contributed by atoms with Gasteiger partial charge in [0.1, 0.15) is 0 Å². The van der Waals surface area contributed by atoms with Gasteiger partial charge in [0.05, 0.1) is 21.3 Å². The fourth-order valence-electron chi connectivity index (χ4n) is 3.28. The van der Waals surface area contributed by atoms with E-state index in [2.05, 4.69) is 15.0 Å². The molecule has 4 rings (SSSR count). The third-order valence-electron chi connectivity index (χ3n) is 4.78. The molecule has 0 aliphatic carbocycles. The molecule has 1 aliphatic heterocycles. The molecule has 10 heteroatoms. The molecular formula is C17H21N5O3S2. The molecule has 0 spiro atoms. The summed E-state index contributed by atoms with van der Waals surface area (Å²) >= 11 is 1.02. The van der Waals surface area contributed by atoms with Crippen molar-refractivity contribution in [1.29, 1.82) is 0 Å². The fraction of sp³-hybridized carbons (Fsp3) is 0.412. The molecule has 3 heterocycles. The summed E-state index contributed by atoms with van der Waals surface area (Å²) in [5.74, 6) is 0. The van der Waals surface area contributed by atoms with Crippen LogP contribution in [0.3, 0.4) is 0 Å². The summed E-state index contributed by atoms with van der Waals surface area (Å²) in [7, 11) is -3.56. The molecule has 0 saturated carbocycles. The van der Waals surface area contributed by atoms with Crippen LogP contribution in [-0.4, -0.2) is 58.6 Å². The van der Waals surface area contributed by atoms with E-state index < -0.39 is 10.0 Å². The van der Waals surface area contributed by atoms with Gasteiger partial charge in [-0.25, -0.2) is 8.42 Å². The van der Waals surface area contributed by atoms with Gasteiger partial charge in [0, 0.05) is 51.0 Å². The topological polar surface area (TPSA) is 91.3 Å². The molecule has 0 amide bonds. The molecule has 1 saturated heterocycles. The van der Waals surface area contributed by atoms with Crippen molar-refractivity contribution < 1.29 is 8.42 Å². The summed E-state index contributed by atoms with van der Waals surface area (Å²) in [6, 6.07) is 4.80. The number of aryl methyl sites for hydroxylation is 1. The smallest absolute Gasteiger partial charge is 0.305 e. The number of fused-ring (bicyclic) bond motifs is 1. The number of nitrogens with zero attached hydrogens (tertiary/aromatic N) is 4. The molecule has 1 fully saturated rings. The summed E-state index contributed by atoms with van der Waals surface area (Å²) in [6.07, 6.45) is 3.89. The van der Waals surface area contributed by atoms with Crippen LogP contribution >= 0.6 is 11.3 Å². The quantitative estimate of drug-likeness (QED) is 0.689. The lowest BCUT2D eigenvalue weighted by Gasteiger charge is -2.33. The van der Waals surface area contributed by atoms with E-state index in [1.54, 1.807) is 18.2 Å². The second-order valence-corrected chi connectivity index (χ2v) is 9.51. The minimum atomic E-state index is -3.56. The molecule has 1 aromatic carbocycles. The van der Waals surface area contributed by atoms with Gasteiger partial charge in [-0.15, -0.1) is 0 Å². The number of aromatic amines is 1. The Morgan fingerprint density at radius 3 is 2.70 bits per heavy atom. The summed E-state index contributed by atoms with van der Waals surface area (Å²) in [4.78, 5) is 16.4. The van der Waals surface area contributed by atoms with Crippen molar-refractivity contribution in [3.63, 3.8) is 0 Å². The van der Waals surface area contributed by atoms with Crippen LogP contribution in [0.5, 0.6) is 0 Å². The second kappa shape index (κ2) is 7.19. The van der Waals surface area contributed by atoms with E-state index in [1.165, 1.54) is 4.31 Å². The Balaban J connectivity index is 1.44. The number of rotatable bonds is 5. The van der Waals surface area contributed by atoms with Crippen LogP contribution in [0.2, 0.25) is 0 Å². The zero-order valence-electron chi connectivity index (χ0n) is 15.0. The van der Waals surface area contributed by atoms with Gasteiger partial charge in [-0.1, -0.05) is 11.3 Å². The minimum Gasteiger partial charge on any atom is -0.312 e. The SMILES string of the molecule is CCn1cc(CN2CCN(S(=O)(=O)c3ccc4[nH]c(=O)sc4c3)CC2)cn1. The first-order valence-electron chi connectivity index (χ1n) is 8.82. The molecule has 27 heavy (non-hydrogen) atoms. The molecule has 3 aromatic rings. The van der Waals surface area contributed by atoms with Crippen LogP contribution in [0.1, 0.15) is 12.5 Å². The molecule has 144 valence electrons. The summed E-state index contributed by atoms with van der Waals surface area (Å²) < 4.78 is 30.0. The molecule has 8 nitrogen and oxygen atoms in total. The number of nitrogens with one attached hydrogen (secondary N) is 1. The van der Waals surface area contributed by atoms with Crippen molar-refractivity contribution in [2.24, 2.45) is 0 Å². The Kier molecular flexibility index (Phi) is 4.89. The van der Waals surface area contributed by atoms with E-state index in [0.29, 0.717) is 36.4 Å². The summed E-state index contributed by atoms with van der Waals surface area (Å²) in [6.45, 7) is 5.91. The summed E-state index contributed by atoms with van der Waals surface area (Å²) in [5, 5.41) is 4.28. The molecule has 1 aliphatic rings. The Bertz CT molecular complexity index is 1110. The van der Waals surface area contributed by atoms with E-state index in [-0.39, 0.29) is 9.77 Å². The number of benzene rings is 1. The van der Waals surface area contributed by atoms with Gasteiger partial charge >= 0.3 is 4.87 Å². The zero-order chi connectivity index (χ0) is 19.0. The molecule has 0 atom stereocenters. The van der Waals surface area contributed by atoms with E-state index in [1.807, 2.05) is 24.0 Å². The van der Waals surface area contributed by atoms with Crippen LogP contribution in [0.15, 0.2) is 40.3 Å². The van der Waals surface area contributed by atoms with Gasteiger partial charge in [-0.3, -0.25) is 14.4 Å². The van der Waals surface area contributed by atoms with Gasteiger partial charge in [0.15, 0.2) is 0 Å². The number of hydrogen-bond acceptors (Lipinski definition) is 6. The average molecular weight is 408 g/mol. The van der Waals surface area contributed by atoms with Crippen molar-refractivity contribution in [2.75, 3.05) is 26.2 Å². The molecule has 2 aromatic heterocycles. The van der Waals surface area contributed by atoms with Crippen LogP contribution in [0.25, 0.3) is 10.2 Å². The van der Waals surface area contributed by atoms with Crippen LogP contribution in [0.4, 0.5) is 0 Å². The maximum absolute atomic E-state index is 13.0. The Morgan fingerprint density at radius 2 is 2.00 bits per heavy atom. The first-order chi connectivity index (χ1) is 13.0. The molecular weight excluding hydrogens is 386 g/mol. The van der Waals surface area contributed by atoms with Gasteiger partial charge in [0.25, 0.3) is 0 Å². The number of sulfonamides is 1. The molecule has 1 N–H and O–H groups in total. The maximum atomic E-state index is 13.0. The lowest BCUT2D eigenvalue weighted by Crippen LogP contribution is -2.48. The van der Waals surface area contributed by atoms with E-state index in [0.717, 1.165) is 30.0 Å². The van der Waals surface area contributed by atoms with Gasteiger partial charge in [-0.2, -0.15) is 9.40 Å². The molecule has 0 radical (unpaired) electrons.